The average Bonchev–Trinajstić information content (AvgIpc) is 3.37. The summed E-state index contributed by atoms with van der Waals surface area (Å²) in [5.74, 6) is -0.298. The molecule has 0 spiro atoms. The summed E-state index contributed by atoms with van der Waals surface area (Å²) in [6, 6.07) is 15.2. The van der Waals surface area contributed by atoms with E-state index in [0.29, 0.717) is 40.2 Å². The van der Waals surface area contributed by atoms with E-state index in [2.05, 4.69) is 20.7 Å². The van der Waals surface area contributed by atoms with Crippen molar-refractivity contribution in [1.82, 2.24) is 25.3 Å². The van der Waals surface area contributed by atoms with Crippen LogP contribution in [0.2, 0.25) is 0 Å². The van der Waals surface area contributed by atoms with Crippen LogP contribution in [-0.2, 0) is 17.8 Å². The van der Waals surface area contributed by atoms with Gasteiger partial charge in [0.1, 0.15) is 34.1 Å². The van der Waals surface area contributed by atoms with E-state index in [-0.39, 0.29) is 18.1 Å². The van der Waals surface area contributed by atoms with Gasteiger partial charge < -0.3 is 9.64 Å². The summed E-state index contributed by atoms with van der Waals surface area (Å²) >= 11 is 0. The topological polar surface area (TPSA) is 87.9 Å². The molecule has 1 fully saturated rings. The van der Waals surface area contributed by atoms with Gasteiger partial charge in [-0.25, -0.2) is 13.8 Å². The largest absolute Gasteiger partial charge is 0.497 e. The standard InChI is InChI=1S/C28H25F2N7O2/c1-28(2)26-24(35(27(28)38)15-17-8-10-20(39-3)11-9-17)16-36(34-32-26)37-23-13-19(29)14-31-25(23)22(33-37)12-18-6-4-5-7-21(18)30/h4-11,13-14,16,34H,12,15H2,1-3H3. The molecule has 1 saturated heterocycles. The Balaban J connectivity index is 1.40. The van der Waals surface area contributed by atoms with Crippen LogP contribution in [0.25, 0.3) is 11.0 Å². The number of carbonyl (C=O) groups is 1. The Bertz CT molecular complexity index is 1660. The molecule has 6 rings (SSSR count). The van der Waals surface area contributed by atoms with E-state index in [9.17, 15) is 13.6 Å². The summed E-state index contributed by atoms with van der Waals surface area (Å²) in [5, 5.41) is 10.6. The maximum Gasteiger partial charge on any atom is 0.239 e. The van der Waals surface area contributed by atoms with E-state index in [1.54, 1.807) is 36.4 Å². The molecular weight excluding hydrogens is 504 g/mol. The van der Waals surface area contributed by atoms with Crippen molar-refractivity contribution < 1.29 is 18.3 Å². The molecule has 0 unspecified atom stereocenters. The molecule has 4 heterocycles. The van der Waals surface area contributed by atoms with Crippen LogP contribution >= 0.6 is 0 Å². The van der Waals surface area contributed by atoms with Gasteiger partial charge in [-0.3, -0.25) is 4.79 Å². The number of hydrogen-bond acceptors (Lipinski definition) is 7. The molecular formula is C28H25F2N7O2. The number of nitrogens with one attached hydrogen (secondary N) is 1. The van der Waals surface area contributed by atoms with Crippen molar-refractivity contribution >= 4 is 22.7 Å². The zero-order chi connectivity index (χ0) is 27.3. The lowest BCUT2D eigenvalue weighted by Gasteiger charge is -2.27. The zero-order valence-corrected chi connectivity index (χ0v) is 21.5. The number of halogens is 2. The number of hydrogen-bond donors (Lipinski definition) is 1. The van der Waals surface area contributed by atoms with Crippen molar-refractivity contribution in [3.8, 4) is 5.75 Å². The van der Waals surface area contributed by atoms with Crippen molar-refractivity contribution in [3.63, 3.8) is 0 Å². The number of fused-ring (bicyclic) bond motifs is 2. The maximum absolute atomic E-state index is 14.4. The lowest BCUT2D eigenvalue weighted by molar-refractivity contribution is -0.133. The number of likely N-dealkylation sites (tertiary alicyclic amines) is 1. The minimum atomic E-state index is -0.868. The van der Waals surface area contributed by atoms with Gasteiger partial charge in [-0.1, -0.05) is 30.3 Å². The smallest absolute Gasteiger partial charge is 0.239 e. The van der Waals surface area contributed by atoms with Gasteiger partial charge in [-0.05, 0) is 43.2 Å². The van der Waals surface area contributed by atoms with E-state index in [4.69, 9.17) is 4.74 Å². The Kier molecular flexibility index (Phi) is 5.78. The van der Waals surface area contributed by atoms with Gasteiger partial charge in [0.25, 0.3) is 0 Å². The van der Waals surface area contributed by atoms with Crippen LogP contribution in [0, 0.1) is 17.0 Å². The van der Waals surface area contributed by atoms with E-state index < -0.39 is 11.2 Å². The molecule has 9 nitrogen and oxygen atoms in total. The molecule has 0 atom stereocenters. The third-order valence-electron chi connectivity index (χ3n) is 6.97. The van der Waals surface area contributed by atoms with E-state index in [1.165, 1.54) is 22.0 Å². The van der Waals surface area contributed by atoms with Crippen LogP contribution in [0.3, 0.4) is 0 Å². The molecule has 2 aliphatic rings. The first-order valence-corrected chi connectivity index (χ1v) is 12.3. The Hall–Kier alpha value is -4.80. The van der Waals surface area contributed by atoms with E-state index in [0.717, 1.165) is 17.5 Å². The number of allylic oxidation sites excluding steroid dienone is 1. The molecule has 4 aromatic rings. The monoisotopic (exact) mass is 529 g/mol. The molecule has 0 saturated carbocycles. The molecule has 2 aliphatic heterocycles. The minimum absolute atomic E-state index is 0.106. The van der Waals surface area contributed by atoms with Gasteiger partial charge in [0, 0.05) is 12.5 Å². The number of aromatic nitrogens is 3. The number of benzene rings is 2. The second-order valence-corrected chi connectivity index (χ2v) is 9.91. The molecule has 1 amide bonds. The number of hydrazine groups is 1. The summed E-state index contributed by atoms with van der Waals surface area (Å²) in [5.41, 5.74) is 5.79. The number of pyridine rings is 1. The highest BCUT2D eigenvalue weighted by Gasteiger charge is 2.50. The van der Waals surface area contributed by atoms with Crippen molar-refractivity contribution in [2.45, 2.75) is 26.8 Å². The predicted octanol–water partition coefficient (Wildman–Crippen LogP) is 4.03. The fourth-order valence-electron chi connectivity index (χ4n) is 4.86. The zero-order valence-electron chi connectivity index (χ0n) is 21.5. The Morgan fingerprint density at radius 3 is 2.59 bits per heavy atom. The molecule has 1 N–H and O–H groups in total. The lowest BCUT2D eigenvalue weighted by Crippen LogP contribution is -2.45. The third kappa shape index (κ3) is 4.15. The van der Waals surface area contributed by atoms with Gasteiger partial charge in [0.2, 0.25) is 5.91 Å². The average molecular weight is 530 g/mol. The summed E-state index contributed by atoms with van der Waals surface area (Å²) in [4.78, 5) is 20.8. The van der Waals surface area contributed by atoms with Crippen LogP contribution in [-0.4, -0.2) is 38.5 Å². The number of rotatable bonds is 6. The highest BCUT2D eigenvalue weighted by Crippen LogP contribution is 2.38. The molecule has 2 aromatic carbocycles. The van der Waals surface area contributed by atoms with Gasteiger partial charge in [-0.15, -0.1) is 4.79 Å². The minimum Gasteiger partial charge on any atom is -0.497 e. The van der Waals surface area contributed by atoms with Gasteiger partial charge in [-0.2, -0.15) is 20.9 Å². The van der Waals surface area contributed by atoms with Crippen LogP contribution in [0.5, 0.6) is 5.75 Å². The quantitative estimate of drug-likeness (QED) is 0.406. The van der Waals surface area contributed by atoms with Gasteiger partial charge >= 0.3 is 0 Å². The number of amides is 1. The Morgan fingerprint density at radius 1 is 1.08 bits per heavy atom. The first-order chi connectivity index (χ1) is 18.8. The highest BCUT2D eigenvalue weighted by molar-refractivity contribution is 6.23. The third-order valence-corrected chi connectivity index (χ3v) is 6.97. The number of nitrogens with zero attached hydrogens (tertiary/aromatic N) is 6. The molecule has 39 heavy (non-hydrogen) atoms. The summed E-state index contributed by atoms with van der Waals surface area (Å²) in [6.07, 6.45) is 2.96. The van der Waals surface area contributed by atoms with Crippen molar-refractivity contribution in [2.75, 3.05) is 12.2 Å². The normalized spacial score (nSPS) is 16.2. The molecule has 0 aliphatic carbocycles. The highest BCUT2D eigenvalue weighted by atomic mass is 19.1. The van der Waals surface area contributed by atoms with Crippen molar-refractivity contribution in [2.24, 2.45) is 10.5 Å². The summed E-state index contributed by atoms with van der Waals surface area (Å²) in [6.45, 7) is 3.96. The van der Waals surface area contributed by atoms with Crippen LogP contribution < -0.4 is 15.4 Å². The van der Waals surface area contributed by atoms with Crippen LogP contribution in [0.1, 0.15) is 30.7 Å². The summed E-state index contributed by atoms with van der Waals surface area (Å²) < 4.78 is 34.0. The second kappa shape index (κ2) is 9.19. The lowest BCUT2D eigenvalue weighted by atomic mass is 9.89. The van der Waals surface area contributed by atoms with Gasteiger partial charge in [0.15, 0.2) is 0 Å². The Labute approximate surface area is 222 Å². The fourth-order valence-corrected chi connectivity index (χ4v) is 4.86. The predicted molar refractivity (Wildman–Crippen MR) is 141 cm³/mol. The first-order valence-electron chi connectivity index (χ1n) is 12.3. The maximum atomic E-state index is 14.4. The van der Waals surface area contributed by atoms with Gasteiger partial charge in [0.05, 0.1) is 42.9 Å². The fraction of sp³-hybridized carbons (Fsp3) is 0.214. The number of ether oxygens (including phenoxy) is 1. The molecule has 198 valence electrons. The second-order valence-electron chi connectivity index (χ2n) is 9.91. The molecule has 2 aromatic heterocycles. The van der Waals surface area contributed by atoms with E-state index >= 15 is 0 Å². The number of carbonyl (C=O) groups excluding carboxylic acids is 1. The number of hydrazone groups is 1. The summed E-state index contributed by atoms with van der Waals surface area (Å²) in [7, 11) is 1.60. The Morgan fingerprint density at radius 2 is 1.85 bits per heavy atom. The van der Waals surface area contributed by atoms with Crippen molar-refractivity contribution in [3.05, 3.63) is 101 Å². The molecule has 0 radical (unpaired) electrons. The number of methoxy groups -OCH3 is 1. The van der Waals surface area contributed by atoms with E-state index in [1.807, 2.05) is 38.1 Å². The van der Waals surface area contributed by atoms with Crippen molar-refractivity contribution in [1.29, 1.82) is 0 Å². The van der Waals surface area contributed by atoms with Crippen LogP contribution in [0.4, 0.5) is 8.78 Å². The first kappa shape index (κ1) is 24.5. The molecule has 11 heteroatoms. The SMILES string of the molecule is COc1ccc(CN2C(=O)C(C)(C)C3=NNN(n4nc(Cc5ccccc5F)c5ncc(F)cc54)C=C32)cc1. The molecule has 0 bridgehead atoms. The van der Waals surface area contributed by atoms with Crippen LogP contribution in [0.15, 0.2) is 77.8 Å².